The number of rotatable bonds is 18. The molecule has 1 heterocycles. The standard InChI is InChI=1S/C23H38N2O3S/c1-2-3-4-5-6-7-8-9-10-11-12-13-14-15-16-17-21(26)25-23-24-20(19-29-23)18-22(27)28/h9-10,19H,2-8,11-18H2,1H3,(H,27,28)(H,24,25,26). The molecule has 6 heteroatoms. The summed E-state index contributed by atoms with van der Waals surface area (Å²) in [5.74, 6) is -0.958. The summed E-state index contributed by atoms with van der Waals surface area (Å²) >= 11 is 1.27. The molecule has 0 aliphatic heterocycles. The Kier molecular flexibility index (Phi) is 15.0. The minimum atomic E-state index is -0.915. The van der Waals surface area contributed by atoms with E-state index in [-0.39, 0.29) is 12.3 Å². The average molecular weight is 423 g/mol. The van der Waals surface area contributed by atoms with Crippen LogP contribution in [0.4, 0.5) is 5.13 Å². The topological polar surface area (TPSA) is 79.3 Å². The van der Waals surface area contributed by atoms with E-state index in [1.54, 1.807) is 5.38 Å². The monoisotopic (exact) mass is 422 g/mol. The number of aromatic nitrogens is 1. The van der Waals surface area contributed by atoms with Crippen molar-refractivity contribution in [3.8, 4) is 0 Å². The second-order valence-electron chi connectivity index (χ2n) is 7.60. The number of anilines is 1. The zero-order valence-electron chi connectivity index (χ0n) is 18.0. The van der Waals surface area contributed by atoms with E-state index in [1.165, 1.54) is 82.0 Å². The van der Waals surface area contributed by atoms with Crippen LogP contribution in [0.25, 0.3) is 0 Å². The Balaban J connectivity index is 1.91. The third-order valence-corrected chi connectivity index (χ3v) is 5.60. The number of carboxylic acid groups (broad SMARTS) is 1. The Hall–Kier alpha value is -1.69. The first-order chi connectivity index (χ1) is 14.1. The minimum Gasteiger partial charge on any atom is -0.481 e. The highest BCUT2D eigenvalue weighted by atomic mass is 32.1. The Labute approximate surface area is 180 Å². The number of carbonyl (C=O) groups excluding carboxylic acids is 1. The van der Waals surface area contributed by atoms with Crippen LogP contribution in [0.1, 0.15) is 103 Å². The molecule has 5 nitrogen and oxygen atoms in total. The van der Waals surface area contributed by atoms with E-state index >= 15 is 0 Å². The molecule has 2 N–H and O–H groups in total. The molecule has 1 aromatic heterocycles. The van der Waals surface area contributed by atoms with Gasteiger partial charge < -0.3 is 10.4 Å². The number of unbranched alkanes of at least 4 members (excludes halogenated alkanes) is 11. The van der Waals surface area contributed by atoms with Gasteiger partial charge in [0.15, 0.2) is 5.13 Å². The van der Waals surface area contributed by atoms with Gasteiger partial charge in [0.1, 0.15) is 0 Å². The fourth-order valence-electron chi connectivity index (χ4n) is 3.14. The molecule has 0 saturated heterocycles. The number of hydrogen-bond donors (Lipinski definition) is 2. The van der Waals surface area contributed by atoms with E-state index in [1.807, 2.05) is 0 Å². The number of amides is 1. The lowest BCUT2D eigenvalue weighted by Crippen LogP contribution is -2.11. The van der Waals surface area contributed by atoms with Gasteiger partial charge in [0.2, 0.25) is 5.91 Å². The maximum absolute atomic E-state index is 11.9. The zero-order chi connectivity index (χ0) is 21.2. The summed E-state index contributed by atoms with van der Waals surface area (Å²) in [6.07, 6.45) is 21.1. The van der Waals surface area contributed by atoms with Crippen molar-refractivity contribution in [2.75, 3.05) is 5.32 Å². The SMILES string of the molecule is CCCCCCCCC=CCCCCCCCC(=O)Nc1nc(CC(=O)O)cs1. The van der Waals surface area contributed by atoms with Crippen molar-refractivity contribution in [2.24, 2.45) is 0 Å². The number of carbonyl (C=O) groups is 2. The van der Waals surface area contributed by atoms with Crippen LogP contribution in [0.2, 0.25) is 0 Å². The summed E-state index contributed by atoms with van der Waals surface area (Å²) in [4.78, 5) is 26.7. The zero-order valence-corrected chi connectivity index (χ0v) is 18.8. The van der Waals surface area contributed by atoms with Gasteiger partial charge in [-0.3, -0.25) is 9.59 Å². The molecule has 0 aromatic carbocycles. The molecule has 1 amide bonds. The quantitative estimate of drug-likeness (QED) is 0.203. The largest absolute Gasteiger partial charge is 0.481 e. The summed E-state index contributed by atoms with van der Waals surface area (Å²) in [6, 6.07) is 0. The Bertz CT molecular complexity index is 599. The highest BCUT2D eigenvalue weighted by molar-refractivity contribution is 7.13. The van der Waals surface area contributed by atoms with Gasteiger partial charge in [0.25, 0.3) is 0 Å². The van der Waals surface area contributed by atoms with Crippen LogP contribution in [0.15, 0.2) is 17.5 Å². The molecule has 0 aliphatic rings. The molecule has 1 rings (SSSR count). The van der Waals surface area contributed by atoms with Gasteiger partial charge in [0.05, 0.1) is 12.1 Å². The summed E-state index contributed by atoms with van der Waals surface area (Å²) in [6.45, 7) is 2.26. The first kappa shape index (κ1) is 25.3. The molecule has 0 spiro atoms. The van der Waals surface area contributed by atoms with E-state index in [4.69, 9.17) is 5.11 Å². The highest BCUT2D eigenvalue weighted by Crippen LogP contribution is 2.17. The van der Waals surface area contributed by atoms with Crippen LogP contribution in [-0.2, 0) is 16.0 Å². The molecular formula is C23H38N2O3S. The van der Waals surface area contributed by atoms with Crippen LogP contribution in [0.5, 0.6) is 0 Å². The molecule has 1 aromatic rings. The first-order valence-corrected chi connectivity index (χ1v) is 12.1. The third kappa shape index (κ3) is 14.9. The smallest absolute Gasteiger partial charge is 0.309 e. The number of thiazole rings is 1. The van der Waals surface area contributed by atoms with E-state index < -0.39 is 5.97 Å². The highest BCUT2D eigenvalue weighted by Gasteiger charge is 2.08. The normalized spacial score (nSPS) is 11.2. The molecule has 164 valence electrons. The van der Waals surface area contributed by atoms with Gasteiger partial charge in [-0.1, -0.05) is 70.4 Å². The Morgan fingerprint density at radius 1 is 0.966 bits per heavy atom. The molecule has 0 bridgehead atoms. The molecule has 0 aliphatic carbocycles. The van der Waals surface area contributed by atoms with E-state index in [2.05, 4.69) is 29.4 Å². The van der Waals surface area contributed by atoms with Gasteiger partial charge in [0, 0.05) is 11.8 Å². The summed E-state index contributed by atoms with van der Waals surface area (Å²) in [7, 11) is 0. The van der Waals surface area contributed by atoms with Crippen LogP contribution < -0.4 is 5.32 Å². The molecule has 0 unspecified atom stereocenters. The van der Waals surface area contributed by atoms with E-state index in [9.17, 15) is 9.59 Å². The van der Waals surface area contributed by atoms with Gasteiger partial charge in [-0.05, 0) is 32.1 Å². The van der Waals surface area contributed by atoms with Crippen LogP contribution in [0.3, 0.4) is 0 Å². The molecular weight excluding hydrogens is 384 g/mol. The van der Waals surface area contributed by atoms with E-state index in [0.29, 0.717) is 17.2 Å². The number of nitrogens with one attached hydrogen (secondary N) is 1. The van der Waals surface area contributed by atoms with Crippen LogP contribution in [0, 0.1) is 0 Å². The minimum absolute atomic E-state index is 0.0427. The number of hydrogen-bond acceptors (Lipinski definition) is 4. The molecule has 0 fully saturated rings. The molecule has 0 radical (unpaired) electrons. The van der Waals surface area contributed by atoms with Crippen molar-refractivity contribution < 1.29 is 14.7 Å². The lowest BCUT2D eigenvalue weighted by molar-refractivity contribution is -0.136. The van der Waals surface area contributed by atoms with Crippen molar-refractivity contribution >= 4 is 28.3 Å². The van der Waals surface area contributed by atoms with Crippen LogP contribution >= 0.6 is 11.3 Å². The fourth-order valence-corrected chi connectivity index (χ4v) is 3.87. The van der Waals surface area contributed by atoms with Crippen molar-refractivity contribution in [3.63, 3.8) is 0 Å². The van der Waals surface area contributed by atoms with Crippen LogP contribution in [-0.4, -0.2) is 22.0 Å². The summed E-state index contributed by atoms with van der Waals surface area (Å²) < 4.78 is 0. The number of nitrogens with zero attached hydrogens (tertiary/aromatic N) is 1. The predicted octanol–water partition coefficient (Wildman–Crippen LogP) is 6.75. The maximum Gasteiger partial charge on any atom is 0.309 e. The van der Waals surface area contributed by atoms with Crippen molar-refractivity contribution in [2.45, 2.75) is 103 Å². The first-order valence-electron chi connectivity index (χ1n) is 11.2. The fraction of sp³-hybridized carbons (Fsp3) is 0.696. The molecule has 0 saturated carbocycles. The van der Waals surface area contributed by atoms with Crippen molar-refractivity contribution in [1.82, 2.24) is 4.98 Å². The molecule has 29 heavy (non-hydrogen) atoms. The predicted molar refractivity (Wildman–Crippen MR) is 122 cm³/mol. The average Bonchev–Trinajstić information content (AvgIpc) is 3.10. The second kappa shape index (κ2) is 17.2. The van der Waals surface area contributed by atoms with Crippen molar-refractivity contribution in [1.29, 1.82) is 0 Å². The number of carboxylic acids is 1. The van der Waals surface area contributed by atoms with Gasteiger partial charge in [-0.25, -0.2) is 4.98 Å². The number of allylic oxidation sites excluding steroid dienone is 2. The lowest BCUT2D eigenvalue weighted by atomic mass is 10.1. The van der Waals surface area contributed by atoms with Gasteiger partial charge >= 0.3 is 5.97 Å². The van der Waals surface area contributed by atoms with Gasteiger partial charge in [-0.2, -0.15) is 0 Å². The van der Waals surface area contributed by atoms with Crippen molar-refractivity contribution in [3.05, 3.63) is 23.2 Å². The third-order valence-electron chi connectivity index (χ3n) is 4.80. The maximum atomic E-state index is 11.9. The Morgan fingerprint density at radius 3 is 2.17 bits per heavy atom. The molecule has 0 atom stereocenters. The van der Waals surface area contributed by atoms with E-state index in [0.717, 1.165) is 12.8 Å². The van der Waals surface area contributed by atoms with Gasteiger partial charge in [-0.15, -0.1) is 11.3 Å². The lowest BCUT2D eigenvalue weighted by Gasteiger charge is -2.02. The second-order valence-corrected chi connectivity index (χ2v) is 8.46. The summed E-state index contributed by atoms with van der Waals surface area (Å²) in [5, 5.41) is 13.6. The number of aliphatic carboxylic acids is 1. The summed E-state index contributed by atoms with van der Waals surface area (Å²) in [5.41, 5.74) is 0.485. The Morgan fingerprint density at radius 2 is 1.55 bits per heavy atom.